The van der Waals surface area contributed by atoms with Crippen molar-refractivity contribution in [2.45, 2.75) is 75.5 Å². The van der Waals surface area contributed by atoms with E-state index in [2.05, 4.69) is 45.0 Å². The van der Waals surface area contributed by atoms with Crippen LogP contribution in [-0.4, -0.2) is 68.4 Å². The minimum absolute atomic E-state index is 0.0943. The van der Waals surface area contributed by atoms with Crippen molar-refractivity contribution in [3.05, 3.63) is 90.5 Å². The number of aryl methyl sites for hydroxylation is 1. The Bertz CT molecular complexity index is 1340. The first-order valence-corrected chi connectivity index (χ1v) is 16.9. The summed E-state index contributed by atoms with van der Waals surface area (Å²) in [6, 6.07) is 25.7. The Labute approximate surface area is 239 Å². The zero-order valence-electron chi connectivity index (χ0n) is 24.1. The third-order valence-corrected chi connectivity index (χ3v) is 14.8. The average Bonchev–Trinajstić information content (AvgIpc) is 3.20. The maximum Gasteiger partial charge on any atom is 0.261 e. The molecule has 1 aliphatic rings. The number of ether oxygens (including phenoxy) is 1. The van der Waals surface area contributed by atoms with Crippen LogP contribution in [-0.2, 0) is 19.2 Å². The highest BCUT2D eigenvalue weighted by molar-refractivity contribution is 7.89. The number of aliphatic hydroxyl groups is 2. The number of aliphatic hydroxyl groups excluding tert-OH is 2. The van der Waals surface area contributed by atoms with Crippen LogP contribution in [0.15, 0.2) is 89.8 Å². The third-order valence-electron chi connectivity index (χ3n) is 7.67. The van der Waals surface area contributed by atoms with E-state index in [0.717, 1.165) is 15.9 Å². The zero-order chi connectivity index (χ0) is 29.3. The Morgan fingerprint density at radius 1 is 0.950 bits per heavy atom. The molecule has 0 spiro atoms. The van der Waals surface area contributed by atoms with Gasteiger partial charge in [-0.2, -0.15) is 4.31 Å². The highest BCUT2D eigenvalue weighted by Crippen LogP contribution is 2.40. The summed E-state index contributed by atoms with van der Waals surface area (Å²) in [4.78, 5) is 0.104. The first-order valence-electron chi connectivity index (χ1n) is 13.6. The fraction of sp³-hybridized carbons (Fsp3) is 0.419. The van der Waals surface area contributed by atoms with Crippen LogP contribution in [0.25, 0.3) is 0 Å². The monoisotopic (exact) mass is 583 g/mol. The second-order valence-corrected chi connectivity index (χ2v) is 18.1. The van der Waals surface area contributed by atoms with Crippen molar-refractivity contribution in [3.63, 3.8) is 0 Å². The fourth-order valence-electron chi connectivity index (χ4n) is 5.87. The van der Waals surface area contributed by atoms with Crippen molar-refractivity contribution in [1.82, 2.24) is 4.31 Å². The van der Waals surface area contributed by atoms with Crippen molar-refractivity contribution in [1.29, 1.82) is 0 Å². The summed E-state index contributed by atoms with van der Waals surface area (Å²) < 4.78 is 41.7. The number of rotatable bonds is 9. The van der Waals surface area contributed by atoms with E-state index in [-0.39, 0.29) is 16.5 Å². The summed E-state index contributed by atoms with van der Waals surface area (Å²) in [7, 11) is -6.99. The molecule has 1 saturated heterocycles. The summed E-state index contributed by atoms with van der Waals surface area (Å²) in [5.41, 5.74) is -0.372. The summed E-state index contributed by atoms with van der Waals surface area (Å²) in [5.74, 6) is 0. The van der Waals surface area contributed by atoms with Gasteiger partial charge in [-0.3, -0.25) is 0 Å². The molecule has 40 heavy (non-hydrogen) atoms. The molecule has 0 bridgehead atoms. The van der Waals surface area contributed by atoms with Gasteiger partial charge in [0.05, 0.1) is 24.2 Å². The smallest absolute Gasteiger partial charge is 0.261 e. The van der Waals surface area contributed by atoms with Crippen molar-refractivity contribution in [2.24, 2.45) is 0 Å². The van der Waals surface area contributed by atoms with Gasteiger partial charge in [0.15, 0.2) is 0 Å². The summed E-state index contributed by atoms with van der Waals surface area (Å²) in [6.45, 7) is 11.0. The first-order chi connectivity index (χ1) is 18.8. The van der Waals surface area contributed by atoms with Gasteiger partial charge in [0.1, 0.15) is 17.9 Å². The highest BCUT2D eigenvalue weighted by Gasteiger charge is 2.56. The topological polar surface area (TPSA) is 96.3 Å². The number of nitrogens with zero attached hydrogens (tertiary/aromatic N) is 1. The van der Waals surface area contributed by atoms with Gasteiger partial charge in [-0.05, 0) is 48.3 Å². The lowest BCUT2D eigenvalue weighted by Crippen LogP contribution is -2.67. The van der Waals surface area contributed by atoms with Crippen LogP contribution in [0.5, 0.6) is 0 Å². The molecule has 1 aliphatic heterocycles. The second-order valence-electron chi connectivity index (χ2n) is 11.9. The lowest BCUT2D eigenvalue weighted by Gasteiger charge is -2.43. The van der Waals surface area contributed by atoms with E-state index in [1.807, 2.05) is 43.3 Å². The van der Waals surface area contributed by atoms with Gasteiger partial charge in [0.2, 0.25) is 10.0 Å². The van der Waals surface area contributed by atoms with Gasteiger partial charge < -0.3 is 19.4 Å². The van der Waals surface area contributed by atoms with Crippen LogP contribution in [0.3, 0.4) is 0 Å². The Morgan fingerprint density at radius 3 is 1.90 bits per heavy atom. The first kappa shape index (κ1) is 30.6. The van der Waals surface area contributed by atoms with E-state index >= 15 is 0 Å². The lowest BCUT2D eigenvalue weighted by atomic mass is 10.1. The maximum atomic E-state index is 13.7. The molecule has 3 aromatic carbocycles. The molecule has 0 unspecified atom stereocenters. The summed E-state index contributed by atoms with van der Waals surface area (Å²) in [6.07, 6.45) is -2.20. The summed E-state index contributed by atoms with van der Waals surface area (Å²) in [5, 5.41) is 23.8. The van der Waals surface area contributed by atoms with Gasteiger partial charge in [-0.15, -0.1) is 0 Å². The minimum Gasteiger partial charge on any atom is -0.405 e. The molecule has 0 saturated carbocycles. The summed E-state index contributed by atoms with van der Waals surface area (Å²) >= 11 is 0. The van der Waals surface area contributed by atoms with E-state index in [0.29, 0.717) is 0 Å². The van der Waals surface area contributed by atoms with E-state index < -0.39 is 48.9 Å². The second kappa shape index (κ2) is 11.5. The van der Waals surface area contributed by atoms with Crippen LogP contribution in [0.4, 0.5) is 0 Å². The molecule has 1 fully saturated rings. The number of hydrogen-bond acceptors (Lipinski definition) is 6. The highest BCUT2D eigenvalue weighted by atomic mass is 32.2. The molecule has 0 aromatic heterocycles. The van der Waals surface area contributed by atoms with Gasteiger partial charge in [-0.1, -0.05) is 99.1 Å². The molecule has 0 aliphatic carbocycles. The van der Waals surface area contributed by atoms with Crippen LogP contribution in [0.1, 0.15) is 40.2 Å². The van der Waals surface area contributed by atoms with E-state index in [1.165, 1.54) is 4.31 Å². The van der Waals surface area contributed by atoms with Crippen LogP contribution in [0.2, 0.25) is 5.04 Å². The maximum absolute atomic E-state index is 13.7. The Hall–Kier alpha value is -2.37. The Kier molecular flexibility index (Phi) is 8.78. The molecule has 3 atom stereocenters. The number of hydrogen-bond donors (Lipinski definition) is 2. The van der Waals surface area contributed by atoms with Gasteiger partial charge in [-0.25, -0.2) is 8.42 Å². The zero-order valence-corrected chi connectivity index (χ0v) is 25.9. The third kappa shape index (κ3) is 5.56. The van der Waals surface area contributed by atoms with Crippen LogP contribution in [0, 0.1) is 6.92 Å². The van der Waals surface area contributed by atoms with Crippen molar-refractivity contribution >= 4 is 28.7 Å². The Morgan fingerprint density at radius 2 is 1.45 bits per heavy atom. The van der Waals surface area contributed by atoms with Gasteiger partial charge in [0, 0.05) is 0 Å². The normalized spacial score (nSPS) is 20.9. The van der Waals surface area contributed by atoms with Crippen molar-refractivity contribution < 1.29 is 27.8 Å². The van der Waals surface area contributed by atoms with E-state index in [1.54, 1.807) is 38.1 Å². The van der Waals surface area contributed by atoms with Gasteiger partial charge in [0.25, 0.3) is 8.32 Å². The predicted octanol–water partition coefficient (Wildman–Crippen LogP) is 3.42. The molecule has 4 rings (SSSR count). The van der Waals surface area contributed by atoms with E-state index in [9.17, 15) is 18.6 Å². The molecular formula is C31H41NO6SSi. The molecular weight excluding hydrogens is 542 g/mol. The SMILES string of the molecule is Cc1ccc(S(=O)(=O)N2[C@@H](CO)[C@@H]([C@H](O)CO[Si](c3ccccc3)(c3ccccc3)C(C)(C)C)OC2(C)C)cc1. The quantitative estimate of drug-likeness (QED) is 0.375. The van der Waals surface area contributed by atoms with Crippen LogP contribution >= 0.6 is 0 Å². The standard InChI is InChI=1S/C31H41NO6SSi/c1-23-17-19-24(20-18-23)39(35,36)32-27(21-33)29(38-31(32,5)6)28(34)22-37-40(30(2,3)4,25-13-9-7-10-14-25)26-15-11-8-12-16-26/h7-20,27-29,33-34H,21-22H2,1-6H3/t27-,28+,29-/m0/s1. The average molecular weight is 584 g/mol. The molecule has 3 aromatic rings. The Balaban J connectivity index is 1.69. The van der Waals surface area contributed by atoms with E-state index in [4.69, 9.17) is 9.16 Å². The number of sulfonamides is 1. The van der Waals surface area contributed by atoms with Gasteiger partial charge >= 0.3 is 0 Å². The minimum atomic E-state index is -4.04. The molecule has 0 radical (unpaired) electrons. The predicted molar refractivity (Wildman–Crippen MR) is 160 cm³/mol. The molecule has 0 amide bonds. The molecule has 1 heterocycles. The molecule has 216 valence electrons. The van der Waals surface area contributed by atoms with Crippen molar-refractivity contribution in [2.75, 3.05) is 13.2 Å². The molecule has 7 nitrogen and oxygen atoms in total. The van der Waals surface area contributed by atoms with Crippen LogP contribution < -0.4 is 10.4 Å². The number of benzene rings is 3. The molecule has 9 heteroatoms. The van der Waals surface area contributed by atoms with Crippen molar-refractivity contribution in [3.8, 4) is 0 Å². The lowest BCUT2D eigenvalue weighted by molar-refractivity contribution is -0.0984. The molecule has 2 N–H and O–H groups in total. The largest absolute Gasteiger partial charge is 0.405 e. The fourth-order valence-corrected chi connectivity index (χ4v) is 12.3.